The van der Waals surface area contributed by atoms with Gasteiger partial charge in [-0.05, 0) is 74.2 Å². The molecule has 2 N–H and O–H groups in total. The molecule has 1 aliphatic heterocycles. The van der Waals surface area contributed by atoms with Crippen LogP contribution in [0.3, 0.4) is 0 Å². The Morgan fingerprint density at radius 2 is 1.70 bits per heavy atom. The average molecular weight is 654 g/mol. The van der Waals surface area contributed by atoms with Gasteiger partial charge in [0.2, 0.25) is 5.88 Å². The molecule has 252 valence electrons. The van der Waals surface area contributed by atoms with Gasteiger partial charge in [0.05, 0.1) is 44.4 Å². The number of aromatic nitrogens is 3. The van der Waals surface area contributed by atoms with E-state index in [0.717, 1.165) is 85.3 Å². The number of allylic oxidation sites excluding steroid dienone is 1. The van der Waals surface area contributed by atoms with Crippen molar-refractivity contribution < 1.29 is 18.6 Å². The summed E-state index contributed by atoms with van der Waals surface area (Å²) in [6.07, 6.45) is 9.02. The van der Waals surface area contributed by atoms with Gasteiger partial charge in [0, 0.05) is 49.3 Å². The number of rotatable bonds is 8. The zero-order valence-corrected chi connectivity index (χ0v) is 28.3. The minimum atomic E-state index is 0. The largest absolute Gasteiger partial charge is 0.493 e. The number of ether oxygens (including phenoxy) is 3. The zero-order chi connectivity index (χ0) is 33.0. The molecular formula is C36H52ClN5O4. The minimum absolute atomic E-state index is 0. The fourth-order valence-electron chi connectivity index (χ4n) is 4.12. The third-order valence-corrected chi connectivity index (χ3v) is 6.51. The highest BCUT2D eigenvalue weighted by Gasteiger charge is 2.14. The van der Waals surface area contributed by atoms with Crippen molar-refractivity contribution in [3.05, 3.63) is 84.1 Å². The van der Waals surface area contributed by atoms with Crippen LogP contribution < -0.4 is 15.2 Å². The maximum absolute atomic E-state index is 5.84. The molecule has 5 rings (SSSR count). The third kappa shape index (κ3) is 13.6. The Labute approximate surface area is 280 Å². The summed E-state index contributed by atoms with van der Waals surface area (Å²) >= 11 is 5.72. The molecule has 0 amide bonds. The normalized spacial score (nSPS) is 12.1. The second-order valence-corrected chi connectivity index (χ2v) is 10.5. The molecule has 46 heavy (non-hydrogen) atoms. The highest BCUT2D eigenvalue weighted by molar-refractivity contribution is 6.27. The minimum Gasteiger partial charge on any atom is -0.493 e. The number of benzene rings is 1. The summed E-state index contributed by atoms with van der Waals surface area (Å²) in [4.78, 5) is 14.9. The van der Waals surface area contributed by atoms with Gasteiger partial charge in [0.25, 0.3) is 5.35 Å². The molecule has 0 spiro atoms. The Morgan fingerprint density at radius 3 is 2.30 bits per heavy atom. The van der Waals surface area contributed by atoms with E-state index in [2.05, 4.69) is 40.3 Å². The fourth-order valence-corrected chi connectivity index (χ4v) is 4.25. The van der Waals surface area contributed by atoms with Crippen molar-refractivity contribution in [3.8, 4) is 34.2 Å². The smallest absolute Gasteiger partial charge is 0.292 e. The first-order valence-corrected chi connectivity index (χ1v) is 15.6. The van der Waals surface area contributed by atoms with Crippen molar-refractivity contribution in [2.75, 3.05) is 52.3 Å². The molecule has 1 fully saturated rings. The number of morpholine rings is 1. The molecule has 0 bridgehead atoms. The van der Waals surface area contributed by atoms with E-state index in [1.54, 1.807) is 31.8 Å². The van der Waals surface area contributed by atoms with Crippen LogP contribution in [0.15, 0.2) is 72.1 Å². The van der Waals surface area contributed by atoms with Crippen molar-refractivity contribution in [1.82, 2.24) is 19.9 Å². The van der Waals surface area contributed by atoms with Crippen LogP contribution in [0.25, 0.3) is 22.6 Å². The number of nitrogen functional groups attached to an aromatic ring is 1. The van der Waals surface area contributed by atoms with Crippen LogP contribution in [0.4, 0.5) is 5.69 Å². The SMILES string of the molecule is C.C=CC.CCC.COc1nccc(C)c1-c1cc(-c2cnc(Cl)o2)ccn1.Cc1ccc(OCCCN2CCOCC2)cc1N. The molecule has 1 aliphatic rings. The van der Waals surface area contributed by atoms with Gasteiger partial charge in [-0.1, -0.05) is 39.8 Å². The van der Waals surface area contributed by atoms with E-state index >= 15 is 0 Å². The summed E-state index contributed by atoms with van der Waals surface area (Å²) in [6, 6.07) is 11.5. The maximum Gasteiger partial charge on any atom is 0.292 e. The van der Waals surface area contributed by atoms with Crippen molar-refractivity contribution in [1.29, 1.82) is 0 Å². The molecule has 1 aromatic carbocycles. The number of hydrogen-bond acceptors (Lipinski definition) is 9. The van der Waals surface area contributed by atoms with Crippen LogP contribution in [0, 0.1) is 13.8 Å². The Bertz CT molecular complexity index is 1420. The predicted octanol–water partition coefficient (Wildman–Crippen LogP) is 8.69. The number of pyridine rings is 2. The second kappa shape index (κ2) is 22.6. The number of oxazole rings is 1. The standard InChI is InChI=1S/C15H12ClN3O2.C14H22N2O2.C3H8.C3H6.CH4/c1-9-3-5-18-14(20-2)13(9)11-7-10(4-6-17-11)12-8-19-15(16)21-12;1-12-3-4-13(11-14(12)15)18-8-2-5-16-6-9-17-10-7-16;2*1-3-2;/h3-8H,1-2H3;3-4,11H,2,5-10,15H2,1H3;3H2,1-2H3;3H,1H2,2H3;1H4. The molecule has 10 heteroatoms. The maximum atomic E-state index is 5.84. The van der Waals surface area contributed by atoms with Gasteiger partial charge in [0.1, 0.15) is 5.75 Å². The molecular weight excluding hydrogens is 602 g/mol. The van der Waals surface area contributed by atoms with Crippen LogP contribution in [0.5, 0.6) is 11.6 Å². The average Bonchev–Trinajstić information content (AvgIpc) is 3.49. The number of aryl methyl sites for hydroxylation is 2. The molecule has 4 aromatic rings. The highest BCUT2D eigenvalue weighted by atomic mass is 35.5. The lowest BCUT2D eigenvalue weighted by molar-refractivity contribution is 0.0358. The second-order valence-electron chi connectivity index (χ2n) is 10.2. The first-order chi connectivity index (χ1) is 21.8. The van der Waals surface area contributed by atoms with Gasteiger partial charge in [-0.25, -0.2) is 9.97 Å². The Kier molecular flexibility index (Phi) is 19.7. The van der Waals surface area contributed by atoms with Crippen LogP contribution in [-0.4, -0.2) is 66.4 Å². The topological polar surface area (TPSA) is 109 Å². The fraction of sp³-hybridized carbons (Fsp3) is 0.417. The quantitative estimate of drug-likeness (QED) is 0.113. The van der Waals surface area contributed by atoms with Crippen LogP contribution in [-0.2, 0) is 4.74 Å². The van der Waals surface area contributed by atoms with Gasteiger partial charge >= 0.3 is 0 Å². The lowest BCUT2D eigenvalue weighted by Gasteiger charge is -2.26. The molecule has 3 aromatic heterocycles. The Balaban J connectivity index is 0.000000389. The number of methoxy groups -OCH3 is 1. The van der Waals surface area contributed by atoms with E-state index < -0.39 is 0 Å². The molecule has 0 saturated carbocycles. The molecule has 0 atom stereocenters. The monoisotopic (exact) mass is 653 g/mol. The summed E-state index contributed by atoms with van der Waals surface area (Å²) in [6.45, 7) is 19.1. The van der Waals surface area contributed by atoms with E-state index in [0.29, 0.717) is 11.6 Å². The lowest BCUT2D eigenvalue weighted by atomic mass is 10.1. The van der Waals surface area contributed by atoms with E-state index in [9.17, 15) is 0 Å². The summed E-state index contributed by atoms with van der Waals surface area (Å²) in [7, 11) is 1.59. The van der Waals surface area contributed by atoms with Crippen molar-refractivity contribution in [2.45, 2.75) is 54.9 Å². The van der Waals surface area contributed by atoms with Gasteiger partial charge in [-0.3, -0.25) is 9.88 Å². The van der Waals surface area contributed by atoms with Crippen molar-refractivity contribution in [3.63, 3.8) is 0 Å². The number of hydrogen-bond donors (Lipinski definition) is 1. The summed E-state index contributed by atoms with van der Waals surface area (Å²) < 4.78 is 21.7. The molecule has 1 saturated heterocycles. The number of halogens is 1. The van der Waals surface area contributed by atoms with Crippen LogP contribution in [0.1, 0.15) is 52.2 Å². The van der Waals surface area contributed by atoms with E-state index in [1.807, 2.05) is 57.2 Å². The van der Waals surface area contributed by atoms with E-state index in [1.165, 1.54) is 6.42 Å². The molecule has 4 heterocycles. The number of anilines is 1. The summed E-state index contributed by atoms with van der Waals surface area (Å²) in [5.41, 5.74) is 11.2. The predicted molar refractivity (Wildman–Crippen MR) is 191 cm³/mol. The molecule has 9 nitrogen and oxygen atoms in total. The molecule has 0 radical (unpaired) electrons. The van der Waals surface area contributed by atoms with Crippen LogP contribution >= 0.6 is 11.6 Å². The number of nitrogens with zero attached hydrogens (tertiary/aromatic N) is 4. The molecule has 0 unspecified atom stereocenters. The van der Waals surface area contributed by atoms with Gasteiger partial charge < -0.3 is 24.4 Å². The highest BCUT2D eigenvalue weighted by Crippen LogP contribution is 2.32. The van der Waals surface area contributed by atoms with E-state index in [-0.39, 0.29) is 12.8 Å². The van der Waals surface area contributed by atoms with Gasteiger partial charge in [0.15, 0.2) is 5.76 Å². The lowest BCUT2D eigenvalue weighted by Crippen LogP contribution is -2.37. The molecule has 0 aliphatic carbocycles. The zero-order valence-electron chi connectivity index (χ0n) is 27.5. The van der Waals surface area contributed by atoms with Gasteiger partial charge in [-0.2, -0.15) is 0 Å². The summed E-state index contributed by atoms with van der Waals surface area (Å²) in [5, 5.41) is 0.110. The van der Waals surface area contributed by atoms with Crippen molar-refractivity contribution >= 4 is 17.3 Å². The van der Waals surface area contributed by atoms with Crippen LogP contribution in [0.2, 0.25) is 5.35 Å². The first-order valence-electron chi connectivity index (χ1n) is 15.2. The first kappa shape index (κ1) is 40.1. The van der Waals surface area contributed by atoms with Gasteiger partial charge in [-0.15, -0.1) is 6.58 Å². The Morgan fingerprint density at radius 1 is 1.02 bits per heavy atom. The number of nitrogens with two attached hydrogens (primary N) is 1. The summed E-state index contributed by atoms with van der Waals surface area (Å²) in [5.74, 6) is 1.99. The van der Waals surface area contributed by atoms with Crippen molar-refractivity contribution in [2.24, 2.45) is 0 Å². The third-order valence-electron chi connectivity index (χ3n) is 6.34. The Hall–Kier alpha value is -3.92. The van der Waals surface area contributed by atoms with E-state index in [4.69, 9.17) is 36.0 Å².